The number of carbonyl (C=O) groups excluding carboxylic acids is 2. The molecule has 2 aliphatic heterocycles. The summed E-state index contributed by atoms with van der Waals surface area (Å²) < 4.78 is 7.82. The number of nitrogens with one attached hydrogen (secondary N) is 1. The van der Waals surface area contributed by atoms with Crippen molar-refractivity contribution >= 4 is 40.2 Å². The van der Waals surface area contributed by atoms with Crippen LogP contribution in [0.25, 0.3) is 17.0 Å². The third-order valence-electron chi connectivity index (χ3n) is 9.25. The molecule has 2 saturated heterocycles. The van der Waals surface area contributed by atoms with Crippen LogP contribution in [0.2, 0.25) is 0 Å². The molecule has 236 valence electrons. The fraction of sp³-hybridized carbons (Fsp3) is 0.314. The molecule has 2 aromatic carbocycles. The molecular formula is C35H37N7O3S. The van der Waals surface area contributed by atoms with Gasteiger partial charge >= 0.3 is 0 Å². The average molecular weight is 636 g/mol. The smallest absolute Gasteiger partial charge is 0.255 e. The van der Waals surface area contributed by atoms with Gasteiger partial charge in [0.1, 0.15) is 16.3 Å². The number of imidazole rings is 1. The van der Waals surface area contributed by atoms with Crippen molar-refractivity contribution in [2.24, 2.45) is 0 Å². The Kier molecular flexibility index (Phi) is 8.06. The topological polar surface area (TPSA) is 118 Å². The monoisotopic (exact) mass is 635 g/mol. The molecule has 0 spiro atoms. The van der Waals surface area contributed by atoms with E-state index in [0.29, 0.717) is 35.7 Å². The molecule has 0 bridgehead atoms. The largest absolute Gasteiger partial charge is 0.397 e. The molecule has 3 N–H and O–H groups in total. The highest BCUT2D eigenvalue weighted by Crippen LogP contribution is 2.44. The number of rotatable bonds is 6. The van der Waals surface area contributed by atoms with Crippen molar-refractivity contribution in [3.05, 3.63) is 99.6 Å². The second-order valence-corrected chi connectivity index (χ2v) is 13.0. The predicted octanol–water partition coefficient (Wildman–Crippen LogP) is 5.08. The molecule has 10 nitrogen and oxygen atoms in total. The van der Waals surface area contributed by atoms with Gasteiger partial charge in [-0.25, -0.2) is 9.97 Å². The summed E-state index contributed by atoms with van der Waals surface area (Å²) in [5.74, 6) is -0.165. The molecule has 3 aromatic heterocycles. The van der Waals surface area contributed by atoms with Crippen LogP contribution in [-0.4, -0.2) is 82.4 Å². The van der Waals surface area contributed by atoms with Crippen LogP contribution in [0.1, 0.15) is 49.8 Å². The number of fused-ring (bicyclic) bond motifs is 1. The van der Waals surface area contributed by atoms with E-state index in [9.17, 15) is 9.59 Å². The number of nitrogens with two attached hydrogens (primary N) is 1. The molecule has 2 fully saturated rings. The number of hydrogen-bond acceptors (Lipinski definition) is 8. The number of likely N-dealkylation sites (N-methyl/N-ethyl adjacent to an activating group) is 1. The molecule has 0 atom stereocenters. The number of hydrogen-bond donors (Lipinski definition) is 2. The standard InChI is InChI=1S/C35H37N7O3S/c1-23-31(42-14-11-25(21-30(42)37-23)33(44)41-17-15-40(2)16-18-41)29-22-46-34(39-29)35(12-19-45-20-13-35)26-9-7-24(8-10-26)32(43)38-28-6-4-3-5-27(28)36/h3-11,14,21-22H,12-13,15-20,36H2,1-2H3,(H,38,43). The summed E-state index contributed by atoms with van der Waals surface area (Å²) in [4.78, 5) is 40.4. The molecular weight excluding hydrogens is 598 g/mol. The Hall–Kier alpha value is -4.58. The number of para-hydroxylation sites is 2. The Morgan fingerprint density at radius 3 is 2.43 bits per heavy atom. The maximum atomic E-state index is 13.2. The van der Waals surface area contributed by atoms with Crippen molar-refractivity contribution in [1.82, 2.24) is 24.2 Å². The zero-order chi connectivity index (χ0) is 31.8. The number of piperazine rings is 1. The van der Waals surface area contributed by atoms with E-state index in [0.717, 1.165) is 72.3 Å². The Morgan fingerprint density at radius 1 is 0.957 bits per heavy atom. The van der Waals surface area contributed by atoms with Crippen LogP contribution in [0, 0.1) is 6.92 Å². The molecule has 0 saturated carbocycles. The molecule has 5 heterocycles. The minimum atomic E-state index is -0.337. The maximum Gasteiger partial charge on any atom is 0.255 e. The van der Waals surface area contributed by atoms with Gasteiger partial charge in [0.25, 0.3) is 11.8 Å². The van der Waals surface area contributed by atoms with Crippen LogP contribution < -0.4 is 11.1 Å². The van der Waals surface area contributed by atoms with Crippen molar-refractivity contribution in [2.45, 2.75) is 25.2 Å². The molecule has 0 radical (unpaired) electrons. The first-order valence-electron chi connectivity index (χ1n) is 15.6. The number of anilines is 2. The molecule has 11 heteroatoms. The van der Waals surface area contributed by atoms with Gasteiger partial charge in [0.05, 0.1) is 28.2 Å². The highest BCUT2D eigenvalue weighted by Gasteiger charge is 2.39. The van der Waals surface area contributed by atoms with Gasteiger partial charge in [0.2, 0.25) is 0 Å². The predicted molar refractivity (Wildman–Crippen MR) is 181 cm³/mol. The lowest BCUT2D eigenvalue weighted by molar-refractivity contribution is 0.0630. The van der Waals surface area contributed by atoms with Gasteiger partial charge in [-0.2, -0.15) is 0 Å². The highest BCUT2D eigenvalue weighted by atomic mass is 32.1. The van der Waals surface area contributed by atoms with Gasteiger partial charge in [-0.1, -0.05) is 24.3 Å². The van der Waals surface area contributed by atoms with E-state index in [4.69, 9.17) is 20.4 Å². The lowest BCUT2D eigenvalue weighted by Gasteiger charge is -2.36. The van der Waals surface area contributed by atoms with E-state index in [2.05, 4.69) is 22.6 Å². The van der Waals surface area contributed by atoms with Crippen molar-refractivity contribution < 1.29 is 14.3 Å². The minimum Gasteiger partial charge on any atom is -0.397 e. The van der Waals surface area contributed by atoms with Gasteiger partial charge in [0, 0.05) is 62.1 Å². The van der Waals surface area contributed by atoms with Crippen molar-refractivity contribution in [3.63, 3.8) is 0 Å². The number of carbonyl (C=O) groups is 2. The summed E-state index contributed by atoms with van der Waals surface area (Å²) in [5.41, 5.74) is 12.5. The van der Waals surface area contributed by atoms with Gasteiger partial charge in [0.15, 0.2) is 0 Å². The normalized spacial score (nSPS) is 16.9. The zero-order valence-corrected chi connectivity index (χ0v) is 26.8. The SMILES string of the molecule is Cc1nc2cc(C(=O)N3CCN(C)CC3)ccn2c1-c1csc(C2(c3ccc(C(=O)Nc4ccccc4N)cc3)CCOCC2)n1. The molecule has 2 aliphatic rings. The van der Waals surface area contributed by atoms with Gasteiger partial charge in [-0.05, 0) is 68.8 Å². The van der Waals surface area contributed by atoms with Crippen LogP contribution in [0.15, 0.2) is 72.2 Å². The maximum absolute atomic E-state index is 13.2. The van der Waals surface area contributed by atoms with E-state index in [1.807, 2.05) is 71.0 Å². The molecule has 0 unspecified atom stereocenters. The number of aryl methyl sites for hydroxylation is 1. The van der Waals surface area contributed by atoms with Crippen LogP contribution in [-0.2, 0) is 10.2 Å². The van der Waals surface area contributed by atoms with Gasteiger partial charge < -0.3 is 25.6 Å². The Balaban J connectivity index is 1.16. The molecule has 0 aliphatic carbocycles. The third-order valence-corrected chi connectivity index (χ3v) is 10.3. The van der Waals surface area contributed by atoms with Gasteiger partial charge in [-0.3, -0.25) is 14.0 Å². The summed E-state index contributed by atoms with van der Waals surface area (Å²) in [6.07, 6.45) is 3.51. The number of nitrogen functional groups attached to an aromatic ring is 1. The molecule has 46 heavy (non-hydrogen) atoms. The number of pyridine rings is 1. The summed E-state index contributed by atoms with van der Waals surface area (Å²) >= 11 is 1.64. The van der Waals surface area contributed by atoms with Gasteiger partial charge in [-0.15, -0.1) is 11.3 Å². The summed E-state index contributed by atoms with van der Waals surface area (Å²) in [6.45, 7) is 6.46. The molecule has 7 rings (SSSR count). The van der Waals surface area contributed by atoms with E-state index in [-0.39, 0.29) is 17.2 Å². The lowest BCUT2D eigenvalue weighted by atomic mass is 9.74. The van der Waals surface area contributed by atoms with E-state index >= 15 is 0 Å². The Labute approximate surface area is 271 Å². The number of nitrogens with zero attached hydrogens (tertiary/aromatic N) is 5. The lowest BCUT2D eigenvalue weighted by Crippen LogP contribution is -2.47. The van der Waals surface area contributed by atoms with Crippen molar-refractivity contribution in [2.75, 3.05) is 57.5 Å². The highest BCUT2D eigenvalue weighted by molar-refractivity contribution is 7.10. The minimum absolute atomic E-state index is 0.0444. The summed E-state index contributed by atoms with van der Waals surface area (Å²) in [7, 11) is 2.08. The van der Waals surface area contributed by atoms with Crippen LogP contribution >= 0.6 is 11.3 Å². The number of ether oxygens (including phenoxy) is 1. The summed E-state index contributed by atoms with van der Waals surface area (Å²) in [6, 6.07) is 18.8. The van der Waals surface area contributed by atoms with E-state index in [1.165, 1.54) is 0 Å². The first-order chi connectivity index (χ1) is 22.3. The number of thiazole rings is 1. The zero-order valence-electron chi connectivity index (χ0n) is 26.0. The van der Waals surface area contributed by atoms with Crippen molar-refractivity contribution in [1.29, 1.82) is 0 Å². The summed E-state index contributed by atoms with van der Waals surface area (Å²) in [5, 5.41) is 6.01. The van der Waals surface area contributed by atoms with Crippen LogP contribution in [0.3, 0.4) is 0 Å². The molecule has 2 amide bonds. The fourth-order valence-electron chi connectivity index (χ4n) is 6.49. The second-order valence-electron chi connectivity index (χ2n) is 12.1. The van der Waals surface area contributed by atoms with E-state index in [1.54, 1.807) is 23.5 Å². The van der Waals surface area contributed by atoms with E-state index < -0.39 is 0 Å². The quantitative estimate of drug-likeness (QED) is 0.250. The first-order valence-corrected chi connectivity index (χ1v) is 16.5. The average Bonchev–Trinajstić information content (AvgIpc) is 3.70. The molecule has 5 aromatic rings. The second kappa shape index (κ2) is 12.3. The first kappa shape index (κ1) is 30.1. The van der Waals surface area contributed by atoms with Crippen LogP contribution in [0.4, 0.5) is 11.4 Å². The Bertz CT molecular complexity index is 1900. The number of benzene rings is 2. The fourth-order valence-corrected chi connectivity index (χ4v) is 7.58. The van der Waals surface area contributed by atoms with Crippen LogP contribution in [0.5, 0.6) is 0 Å². The third kappa shape index (κ3) is 5.55. The number of aromatic nitrogens is 3. The van der Waals surface area contributed by atoms with Crippen molar-refractivity contribution in [3.8, 4) is 11.4 Å². The Morgan fingerprint density at radius 2 is 1.70 bits per heavy atom. The number of amides is 2.